The van der Waals surface area contributed by atoms with Gasteiger partial charge < -0.3 is 10.9 Å². The monoisotopic (exact) mass is 210 g/mol. The van der Waals surface area contributed by atoms with Crippen molar-refractivity contribution in [1.82, 2.24) is 0 Å². The molecule has 0 aliphatic rings. The molecule has 0 aliphatic heterocycles. The molecule has 0 bridgehead atoms. The van der Waals surface area contributed by atoms with E-state index in [1.54, 1.807) is 0 Å². The maximum atomic E-state index is 10.9. The van der Waals surface area contributed by atoms with Crippen molar-refractivity contribution >= 4 is 14.1 Å². The molecule has 0 heterocycles. The molecule has 76 valence electrons. The number of nitrogens with zero attached hydrogens (tertiary/aromatic N) is 1. The van der Waals surface area contributed by atoms with Crippen molar-refractivity contribution in [3.05, 3.63) is 0 Å². The van der Waals surface area contributed by atoms with Crippen LogP contribution in [0.3, 0.4) is 0 Å². The first-order valence-electron chi connectivity index (χ1n) is 3.75. The number of hydrogen-bond donors (Lipinski definition) is 2. The average Bonchev–Trinajstić information content (AvgIpc) is 2.10. The summed E-state index contributed by atoms with van der Waals surface area (Å²) < 4.78 is 20.3. The molecule has 1 atom stereocenters. The van der Waals surface area contributed by atoms with Crippen molar-refractivity contribution in [2.24, 2.45) is 16.8 Å². The van der Waals surface area contributed by atoms with E-state index in [0.717, 1.165) is 0 Å². The molecule has 13 heavy (non-hydrogen) atoms. The van der Waals surface area contributed by atoms with Gasteiger partial charge in [0.25, 0.3) is 0 Å². The summed E-state index contributed by atoms with van der Waals surface area (Å²) in [4.78, 5) is 0. The first-order valence-corrected chi connectivity index (χ1v) is 4.85. The topological polar surface area (TPSA) is 94.1 Å². The van der Waals surface area contributed by atoms with Gasteiger partial charge in [0.15, 0.2) is 12.4 Å². The van der Waals surface area contributed by atoms with Crippen LogP contribution in [0.5, 0.6) is 0 Å². The van der Waals surface area contributed by atoms with Crippen molar-refractivity contribution in [2.45, 2.75) is 13.8 Å². The Kier molecular flexibility index (Phi) is 6.40. The van der Waals surface area contributed by atoms with Gasteiger partial charge in [-0.3, -0.25) is 0 Å². The summed E-state index contributed by atoms with van der Waals surface area (Å²) in [5, 5.41) is 10.8. The van der Waals surface area contributed by atoms with E-state index in [9.17, 15) is 4.57 Å². The van der Waals surface area contributed by atoms with Crippen molar-refractivity contribution in [3.8, 4) is 0 Å². The van der Waals surface area contributed by atoms with Gasteiger partial charge in [0, 0.05) is 4.57 Å². The van der Waals surface area contributed by atoms with Crippen LogP contribution in [0, 0.1) is 5.92 Å². The van der Waals surface area contributed by atoms with E-state index in [4.69, 9.17) is 15.5 Å². The smallest absolute Gasteiger partial charge is 0.409 e. The SMILES string of the molecule is CC(C)CO[P+](=O)OCC(N)=NO.[H+]. The van der Waals surface area contributed by atoms with Crippen molar-refractivity contribution in [3.63, 3.8) is 0 Å². The minimum absolute atomic E-state index is 0. The third kappa shape index (κ3) is 7.64. The Bertz CT molecular complexity index is 200. The Morgan fingerprint density at radius 2 is 2.31 bits per heavy atom. The van der Waals surface area contributed by atoms with Crippen LogP contribution in [-0.4, -0.2) is 24.3 Å². The van der Waals surface area contributed by atoms with E-state index >= 15 is 0 Å². The summed E-state index contributed by atoms with van der Waals surface area (Å²) in [6.45, 7) is 3.99. The Labute approximate surface area is 79.1 Å². The molecule has 0 radical (unpaired) electrons. The molecule has 0 amide bonds. The zero-order valence-electron chi connectivity index (χ0n) is 8.64. The minimum Gasteiger partial charge on any atom is -0.409 e. The number of hydrogen-bond acceptors (Lipinski definition) is 5. The molecule has 0 saturated carbocycles. The van der Waals surface area contributed by atoms with E-state index in [0.29, 0.717) is 6.61 Å². The quantitative estimate of drug-likeness (QED) is 0.226. The van der Waals surface area contributed by atoms with Gasteiger partial charge >= 0.3 is 9.68 Å². The molecule has 0 aromatic heterocycles. The largest absolute Gasteiger partial charge is 1.00 e. The number of nitrogens with two attached hydrogens (primary N) is 1. The van der Waals surface area contributed by atoms with Crippen molar-refractivity contribution in [2.75, 3.05) is 13.2 Å². The molecule has 3 N–H and O–H groups in total. The fourth-order valence-electron chi connectivity index (χ4n) is 0.395. The van der Waals surface area contributed by atoms with Gasteiger partial charge in [-0.15, -0.1) is 9.05 Å². The lowest BCUT2D eigenvalue weighted by molar-refractivity contribution is 0.219. The van der Waals surface area contributed by atoms with Crippen molar-refractivity contribution in [1.29, 1.82) is 0 Å². The Balaban J connectivity index is 0. The lowest BCUT2D eigenvalue weighted by Crippen LogP contribution is -2.17. The Hall–Kier alpha value is -0.710. The minimum atomic E-state index is -2.17. The number of amidine groups is 1. The zero-order chi connectivity index (χ0) is 10.3. The highest BCUT2D eigenvalue weighted by Crippen LogP contribution is 2.23. The molecule has 0 saturated heterocycles. The fourth-order valence-corrected chi connectivity index (χ4v) is 1.13. The van der Waals surface area contributed by atoms with Crippen LogP contribution in [0.2, 0.25) is 0 Å². The van der Waals surface area contributed by atoms with Crippen LogP contribution >= 0.6 is 8.25 Å². The number of oxime groups is 1. The normalized spacial score (nSPS) is 13.5. The lowest BCUT2D eigenvalue weighted by atomic mass is 10.2. The third-order valence-electron chi connectivity index (χ3n) is 0.960. The van der Waals surface area contributed by atoms with Gasteiger partial charge in [-0.05, 0) is 5.92 Å². The lowest BCUT2D eigenvalue weighted by Gasteiger charge is -1.95. The highest BCUT2D eigenvalue weighted by Gasteiger charge is 2.21. The second-order valence-corrected chi connectivity index (χ2v) is 3.74. The first-order chi connectivity index (χ1) is 6.06. The standard InChI is InChI=1S/C6H13N2O4P/c1-5(2)3-11-13(10)12-4-6(7)8-9/h5H,3-4H2,1-2H3,(H2-,7,8,9)/p+2. The summed E-state index contributed by atoms with van der Waals surface area (Å²) in [7, 11) is -2.17. The van der Waals surface area contributed by atoms with E-state index in [2.05, 4.69) is 9.68 Å². The van der Waals surface area contributed by atoms with E-state index in [1.165, 1.54) is 0 Å². The number of rotatable bonds is 6. The summed E-state index contributed by atoms with van der Waals surface area (Å²) in [6, 6.07) is 0. The van der Waals surface area contributed by atoms with Crippen LogP contribution in [0.4, 0.5) is 0 Å². The highest BCUT2D eigenvalue weighted by molar-refractivity contribution is 7.33. The molecule has 0 aliphatic carbocycles. The molecule has 0 aromatic rings. The van der Waals surface area contributed by atoms with Crippen LogP contribution in [-0.2, 0) is 13.6 Å². The summed E-state index contributed by atoms with van der Waals surface area (Å²) in [6.07, 6.45) is 0. The Morgan fingerprint density at radius 3 is 2.77 bits per heavy atom. The van der Waals surface area contributed by atoms with Crippen LogP contribution in [0.25, 0.3) is 0 Å². The molecule has 0 aromatic carbocycles. The predicted molar refractivity (Wildman–Crippen MR) is 48.9 cm³/mol. The highest BCUT2D eigenvalue weighted by atomic mass is 31.1. The third-order valence-corrected chi connectivity index (χ3v) is 1.66. The molecule has 6 nitrogen and oxygen atoms in total. The molecule has 1 unspecified atom stereocenters. The summed E-state index contributed by atoms with van der Waals surface area (Å²) >= 11 is 0. The first kappa shape index (κ1) is 12.3. The maximum Gasteiger partial charge on any atom is 1.00 e. The summed E-state index contributed by atoms with van der Waals surface area (Å²) in [5.41, 5.74) is 5.07. The summed E-state index contributed by atoms with van der Waals surface area (Å²) in [5.74, 6) is 0.142. The second-order valence-electron chi connectivity index (χ2n) is 2.78. The van der Waals surface area contributed by atoms with Gasteiger partial charge in [-0.25, -0.2) is 0 Å². The van der Waals surface area contributed by atoms with Gasteiger partial charge in [-0.1, -0.05) is 19.0 Å². The second kappa shape index (κ2) is 6.77. The molecule has 0 fully saturated rings. The zero-order valence-corrected chi connectivity index (χ0v) is 8.53. The van der Waals surface area contributed by atoms with E-state index in [1.807, 2.05) is 13.8 Å². The van der Waals surface area contributed by atoms with Gasteiger partial charge in [0.1, 0.15) is 6.61 Å². The van der Waals surface area contributed by atoms with Crippen LogP contribution in [0.1, 0.15) is 15.3 Å². The Morgan fingerprint density at radius 1 is 1.69 bits per heavy atom. The van der Waals surface area contributed by atoms with Gasteiger partial charge in [-0.2, -0.15) is 0 Å². The molecule has 7 heteroatoms. The van der Waals surface area contributed by atoms with E-state index in [-0.39, 0.29) is 19.8 Å². The van der Waals surface area contributed by atoms with Crippen molar-refractivity contribution < 1.29 is 20.2 Å². The fraction of sp³-hybridized carbons (Fsp3) is 0.833. The van der Waals surface area contributed by atoms with Gasteiger partial charge in [0.2, 0.25) is 0 Å². The van der Waals surface area contributed by atoms with Crippen LogP contribution in [0.15, 0.2) is 5.16 Å². The van der Waals surface area contributed by atoms with Gasteiger partial charge in [0.05, 0.1) is 0 Å². The molecule has 0 spiro atoms. The van der Waals surface area contributed by atoms with Crippen LogP contribution < -0.4 is 5.73 Å². The molecular weight excluding hydrogens is 195 g/mol. The maximum absolute atomic E-state index is 10.9. The predicted octanol–water partition coefficient (Wildman–Crippen LogP) is 1.19. The molecular formula is C6H15N2O4P+2. The molecule has 0 rings (SSSR count). The average molecular weight is 210 g/mol. The van der Waals surface area contributed by atoms with E-state index < -0.39 is 8.25 Å².